The van der Waals surface area contributed by atoms with E-state index in [1.54, 1.807) is 20.8 Å². The molecular formula is C13H21BrN4O5S. The van der Waals surface area contributed by atoms with Gasteiger partial charge in [0, 0.05) is 23.8 Å². The van der Waals surface area contributed by atoms with Gasteiger partial charge >= 0.3 is 6.09 Å². The number of nitrogen functional groups attached to an aromatic ring is 1. The molecule has 1 aromatic rings. The molecule has 0 fully saturated rings. The Labute approximate surface area is 149 Å². The van der Waals surface area contributed by atoms with Crippen LogP contribution in [0.2, 0.25) is 0 Å². The van der Waals surface area contributed by atoms with E-state index in [9.17, 15) is 18.3 Å². The maximum atomic E-state index is 12.2. The van der Waals surface area contributed by atoms with Gasteiger partial charge in [-0.2, -0.15) is 0 Å². The fourth-order valence-electron chi connectivity index (χ4n) is 1.52. The van der Waals surface area contributed by atoms with Gasteiger partial charge in [-0.15, -0.1) is 0 Å². The number of nitrogens with one attached hydrogen (secondary N) is 2. The highest BCUT2D eigenvalue weighted by molar-refractivity contribution is 9.10. The highest BCUT2D eigenvalue weighted by Gasteiger charge is 2.21. The van der Waals surface area contributed by atoms with Crippen LogP contribution in [0.3, 0.4) is 0 Å². The summed E-state index contributed by atoms with van der Waals surface area (Å²) in [5.41, 5.74) is 4.89. The Morgan fingerprint density at radius 2 is 2.08 bits per heavy atom. The number of nitrogens with two attached hydrogens (primary N) is 1. The number of ether oxygens (including phenoxy) is 1. The number of alkyl carbamates (subject to hydrolysis) is 1. The van der Waals surface area contributed by atoms with Crippen molar-refractivity contribution in [2.45, 2.75) is 37.4 Å². The van der Waals surface area contributed by atoms with E-state index in [0.29, 0.717) is 4.47 Å². The standard InChI is InChI=1S/C13H21BrN4O5S/c1-13(2,3)23-12(20)17-6-9(19)7-18-24(21,22)10-4-8(14)5-16-11(10)15/h4-5,9,18-19H,6-7H2,1-3H3,(H2,15,16)(H,17,20)/t9-/m0/s1. The highest BCUT2D eigenvalue weighted by Crippen LogP contribution is 2.20. The average Bonchev–Trinajstić information content (AvgIpc) is 2.43. The Morgan fingerprint density at radius 3 is 2.67 bits per heavy atom. The lowest BCUT2D eigenvalue weighted by molar-refractivity contribution is 0.0494. The Bertz CT molecular complexity index is 690. The van der Waals surface area contributed by atoms with E-state index >= 15 is 0 Å². The molecule has 0 saturated heterocycles. The van der Waals surface area contributed by atoms with Crippen molar-refractivity contribution >= 4 is 37.9 Å². The van der Waals surface area contributed by atoms with E-state index in [2.05, 4.69) is 31.0 Å². The second kappa shape index (κ2) is 8.10. The Balaban J connectivity index is 2.56. The molecule has 0 spiro atoms. The number of nitrogens with zero attached hydrogens (tertiary/aromatic N) is 1. The summed E-state index contributed by atoms with van der Waals surface area (Å²) in [6, 6.07) is 1.30. The SMILES string of the molecule is CC(C)(C)OC(=O)NC[C@H](O)CNS(=O)(=O)c1cc(Br)cnc1N. The molecule has 136 valence electrons. The summed E-state index contributed by atoms with van der Waals surface area (Å²) in [6.07, 6.45) is -0.480. The summed E-state index contributed by atoms with van der Waals surface area (Å²) in [5.74, 6) is -0.160. The normalized spacial score (nSPS) is 13.4. The molecule has 1 amide bonds. The Hall–Kier alpha value is -1.43. The number of carbonyl (C=O) groups excluding carboxylic acids is 1. The van der Waals surface area contributed by atoms with Gasteiger partial charge in [0.25, 0.3) is 0 Å². The first kappa shape index (κ1) is 20.6. The number of hydrogen-bond donors (Lipinski definition) is 4. The predicted octanol–water partition coefficient (Wildman–Crippen LogP) is 0.590. The fraction of sp³-hybridized carbons (Fsp3) is 0.538. The number of aliphatic hydroxyl groups is 1. The summed E-state index contributed by atoms with van der Waals surface area (Å²) < 4.78 is 32.0. The highest BCUT2D eigenvalue weighted by atomic mass is 79.9. The summed E-state index contributed by atoms with van der Waals surface area (Å²) in [5, 5.41) is 12.1. The minimum Gasteiger partial charge on any atom is -0.444 e. The van der Waals surface area contributed by atoms with Crippen molar-refractivity contribution in [2.75, 3.05) is 18.8 Å². The average molecular weight is 425 g/mol. The number of pyridine rings is 1. The monoisotopic (exact) mass is 424 g/mol. The van der Waals surface area contributed by atoms with Crippen molar-refractivity contribution in [2.24, 2.45) is 0 Å². The molecule has 1 atom stereocenters. The van der Waals surface area contributed by atoms with Crippen LogP contribution in [0.25, 0.3) is 0 Å². The van der Waals surface area contributed by atoms with Crippen molar-refractivity contribution < 1.29 is 23.1 Å². The van der Waals surface area contributed by atoms with Crippen LogP contribution in [0.5, 0.6) is 0 Å². The zero-order valence-corrected chi connectivity index (χ0v) is 15.9. The molecule has 0 aliphatic rings. The van der Waals surface area contributed by atoms with Crippen LogP contribution < -0.4 is 15.8 Å². The first-order valence-electron chi connectivity index (χ1n) is 6.96. The number of aliphatic hydroxyl groups excluding tert-OH is 1. The molecule has 1 heterocycles. The number of carbonyl (C=O) groups is 1. The van der Waals surface area contributed by atoms with Crippen molar-refractivity contribution in [1.29, 1.82) is 0 Å². The summed E-state index contributed by atoms with van der Waals surface area (Å²) in [4.78, 5) is 15.0. The van der Waals surface area contributed by atoms with E-state index in [0.717, 1.165) is 0 Å². The number of anilines is 1. The third-order valence-corrected chi connectivity index (χ3v) is 4.41. The summed E-state index contributed by atoms with van der Waals surface area (Å²) >= 11 is 3.11. The van der Waals surface area contributed by atoms with Gasteiger partial charge < -0.3 is 20.9 Å². The molecule has 0 aliphatic heterocycles. The van der Waals surface area contributed by atoms with E-state index in [1.807, 2.05) is 0 Å². The second-order valence-corrected chi connectivity index (χ2v) is 8.58. The van der Waals surface area contributed by atoms with Gasteiger partial charge in [-0.1, -0.05) is 0 Å². The van der Waals surface area contributed by atoms with Crippen LogP contribution in [-0.4, -0.2) is 49.4 Å². The zero-order valence-electron chi connectivity index (χ0n) is 13.5. The minimum absolute atomic E-state index is 0.160. The number of halogens is 1. The minimum atomic E-state index is -3.95. The molecule has 0 aliphatic carbocycles. The molecule has 0 aromatic carbocycles. The second-order valence-electron chi connectivity index (χ2n) is 5.93. The predicted molar refractivity (Wildman–Crippen MR) is 91.8 cm³/mol. The van der Waals surface area contributed by atoms with E-state index < -0.39 is 27.8 Å². The van der Waals surface area contributed by atoms with Gasteiger partial charge in [-0.05, 0) is 42.8 Å². The lowest BCUT2D eigenvalue weighted by Gasteiger charge is -2.20. The van der Waals surface area contributed by atoms with Gasteiger partial charge in [-0.25, -0.2) is 22.9 Å². The van der Waals surface area contributed by atoms with Crippen LogP contribution in [0.1, 0.15) is 20.8 Å². The van der Waals surface area contributed by atoms with Crippen molar-refractivity contribution in [3.8, 4) is 0 Å². The lowest BCUT2D eigenvalue weighted by atomic mass is 10.2. The fourth-order valence-corrected chi connectivity index (χ4v) is 3.18. The van der Waals surface area contributed by atoms with E-state index in [1.165, 1.54) is 12.3 Å². The third kappa shape index (κ3) is 6.99. The molecule has 9 nitrogen and oxygen atoms in total. The molecule has 0 bridgehead atoms. The van der Waals surface area contributed by atoms with Crippen LogP contribution in [-0.2, 0) is 14.8 Å². The molecule has 0 unspecified atom stereocenters. The molecule has 1 rings (SSSR count). The summed E-state index contributed by atoms with van der Waals surface area (Å²) in [7, 11) is -3.95. The number of sulfonamides is 1. The zero-order chi connectivity index (χ0) is 18.5. The Kier molecular flexibility index (Phi) is 6.96. The number of aromatic nitrogens is 1. The van der Waals surface area contributed by atoms with Crippen LogP contribution in [0, 0.1) is 0 Å². The Morgan fingerprint density at radius 1 is 1.46 bits per heavy atom. The quantitative estimate of drug-likeness (QED) is 0.522. The number of amides is 1. The maximum absolute atomic E-state index is 12.2. The van der Waals surface area contributed by atoms with Gasteiger partial charge in [0.15, 0.2) is 0 Å². The lowest BCUT2D eigenvalue weighted by Crippen LogP contribution is -2.41. The summed E-state index contributed by atoms with van der Waals surface area (Å²) in [6.45, 7) is 4.61. The number of rotatable bonds is 6. The first-order chi connectivity index (χ1) is 10.9. The molecule has 0 radical (unpaired) electrons. The molecule has 0 saturated carbocycles. The maximum Gasteiger partial charge on any atom is 0.407 e. The van der Waals surface area contributed by atoms with Gasteiger partial charge in [0.1, 0.15) is 16.3 Å². The van der Waals surface area contributed by atoms with Gasteiger partial charge in [0.05, 0.1) is 6.10 Å². The van der Waals surface area contributed by atoms with Crippen molar-refractivity contribution in [3.05, 3.63) is 16.7 Å². The van der Waals surface area contributed by atoms with Crippen LogP contribution >= 0.6 is 15.9 Å². The molecular weight excluding hydrogens is 404 g/mol. The van der Waals surface area contributed by atoms with Crippen molar-refractivity contribution in [1.82, 2.24) is 15.0 Å². The molecule has 24 heavy (non-hydrogen) atoms. The smallest absolute Gasteiger partial charge is 0.407 e. The van der Waals surface area contributed by atoms with Gasteiger partial charge in [0.2, 0.25) is 10.0 Å². The molecule has 1 aromatic heterocycles. The van der Waals surface area contributed by atoms with Crippen LogP contribution in [0.4, 0.5) is 10.6 Å². The van der Waals surface area contributed by atoms with Crippen molar-refractivity contribution in [3.63, 3.8) is 0 Å². The topological polar surface area (TPSA) is 144 Å². The van der Waals surface area contributed by atoms with E-state index in [4.69, 9.17) is 10.5 Å². The first-order valence-corrected chi connectivity index (χ1v) is 9.24. The largest absolute Gasteiger partial charge is 0.444 e. The number of hydrogen-bond acceptors (Lipinski definition) is 7. The van der Waals surface area contributed by atoms with Crippen LogP contribution in [0.15, 0.2) is 21.6 Å². The molecule has 5 N–H and O–H groups in total. The van der Waals surface area contributed by atoms with Gasteiger partial charge in [-0.3, -0.25) is 0 Å². The third-order valence-electron chi connectivity index (χ3n) is 2.53. The van der Waals surface area contributed by atoms with E-state index in [-0.39, 0.29) is 23.8 Å². The molecule has 11 heteroatoms.